The molecule has 1 amide bonds. The third-order valence-corrected chi connectivity index (χ3v) is 5.18. The minimum absolute atomic E-state index is 0.0992. The number of amides is 1. The number of aliphatic hydroxyl groups excluding tert-OH is 1. The van der Waals surface area contributed by atoms with Crippen LogP contribution in [0.1, 0.15) is 15.2 Å². The molecule has 0 bridgehead atoms. The lowest BCUT2D eigenvalue weighted by atomic mass is 10.2. The van der Waals surface area contributed by atoms with E-state index in [1.54, 1.807) is 30.3 Å². The highest BCUT2D eigenvalue weighted by molar-refractivity contribution is 7.12. The second kappa shape index (κ2) is 9.62. The highest BCUT2D eigenvalue weighted by atomic mass is 32.1. The predicted octanol–water partition coefficient (Wildman–Crippen LogP) is 3.69. The lowest BCUT2D eigenvalue weighted by Crippen LogP contribution is -2.23. The Balaban J connectivity index is 1.17. The first-order valence-corrected chi connectivity index (χ1v) is 10.3. The fourth-order valence-electron chi connectivity index (χ4n) is 2.82. The fraction of sp³-hybridized carbons (Fsp3) is 0.227. The van der Waals surface area contributed by atoms with Crippen molar-refractivity contribution in [2.24, 2.45) is 0 Å². The molecule has 156 valence electrons. The van der Waals surface area contributed by atoms with Gasteiger partial charge >= 0.3 is 0 Å². The van der Waals surface area contributed by atoms with Crippen LogP contribution in [0.25, 0.3) is 0 Å². The normalized spacial score (nSPS) is 13.1. The molecular weight excluding hydrogens is 406 g/mol. The van der Waals surface area contributed by atoms with Crippen molar-refractivity contribution in [3.05, 3.63) is 70.4 Å². The molecule has 0 unspecified atom stereocenters. The third kappa shape index (κ3) is 5.29. The summed E-state index contributed by atoms with van der Waals surface area (Å²) in [6, 6.07) is 16.2. The van der Waals surface area contributed by atoms with Crippen molar-refractivity contribution in [2.75, 3.05) is 25.3 Å². The molecule has 1 atom stereocenters. The smallest absolute Gasteiger partial charge is 0.265 e. The fourth-order valence-corrected chi connectivity index (χ4v) is 3.44. The first-order chi connectivity index (χ1) is 14.7. The number of carbonyl (C=O) groups excluding carboxylic acids is 1. The molecule has 1 aliphatic heterocycles. The molecule has 1 aliphatic rings. The standard InChI is InChI=1S/C22H21NO6S/c24-17(12-26-11-15-3-8-19-20(10-15)29-14-28-19)13-27-18-6-4-16(5-7-18)23-22(25)21-2-1-9-30-21/h1-10,17,24H,11-14H2,(H,23,25)/t17-/m0/s1. The number of carbonyl (C=O) groups is 1. The van der Waals surface area contributed by atoms with E-state index in [0.717, 1.165) is 11.3 Å². The summed E-state index contributed by atoms with van der Waals surface area (Å²) >= 11 is 1.39. The van der Waals surface area contributed by atoms with E-state index in [9.17, 15) is 9.90 Å². The zero-order valence-corrected chi connectivity index (χ0v) is 16.9. The zero-order valence-electron chi connectivity index (χ0n) is 16.1. The SMILES string of the molecule is O=C(Nc1ccc(OC[C@@H](O)COCc2ccc3c(c2)OCO3)cc1)c1cccs1. The Morgan fingerprint density at radius 3 is 2.73 bits per heavy atom. The summed E-state index contributed by atoms with van der Waals surface area (Å²) in [6.45, 7) is 0.829. The summed E-state index contributed by atoms with van der Waals surface area (Å²) < 4.78 is 21.7. The molecule has 4 rings (SSSR count). The van der Waals surface area contributed by atoms with Gasteiger partial charge in [0.15, 0.2) is 11.5 Å². The first kappa shape index (κ1) is 20.2. The number of nitrogens with one attached hydrogen (secondary N) is 1. The molecule has 1 aromatic heterocycles. The molecule has 0 aliphatic carbocycles. The Hall–Kier alpha value is -3.07. The average molecular weight is 427 g/mol. The van der Waals surface area contributed by atoms with Gasteiger partial charge in [-0.05, 0) is 53.4 Å². The topological polar surface area (TPSA) is 86.3 Å². The molecular formula is C22H21NO6S. The Kier molecular flexibility index (Phi) is 6.48. The van der Waals surface area contributed by atoms with E-state index in [0.29, 0.717) is 28.7 Å². The van der Waals surface area contributed by atoms with Gasteiger partial charge in [0.1, 0.15) is 18.5 Å². The molecule has 0 saturated carbocycles. The molecule has 30 heavy (non-hydrogen) atoms. The van der Waals surface area contributed by atoms with E-state index in [1.807, 2.05) is 29.6 Å². The summed E-state index contributed by atoms with van der Waals surface area (Å²) in [4.78, 5) is 12.7. The molecule has 3 aromatic rings. The lowest BCUT2D eigenvalue weighted by molar-refractivity contribution is 0.00546. The van der Waals surface area contributed by atoms with Crippen LogP contribution in [0.2, 0.25) is 0 Å². The van der Waals surface area contributed by atoms with Crippen molar-refractivity contribution < 1.29 is 28.8 Å². The maximum absolute atomic E-state index is 12.0. The van der Waals surface area contributed by atoms with Crippen molar-refractivity contribution >= 4 is 22.9 Å². The van der Waals surface area contributed by atoms with Crippen LogP contribution in [-0.2, 0) is 11.3 Å². The van der Waals surface area contributed by atoms with Crippen molar-refractivity contribution in [3.8, 4) is 17.2 Å². The van der Waals surface area contributed by atoms with E-state index in [2.05, 4.69) is 5.32 Å². The second-order valence-electron chi connectivity index (χ2n) is 6.62. The lowest BCUT2D eigenvalue weighted by Gasteiger charge is -2.13. The van der Waals surface area contributed by atoms with Gasteiger partial charge in [0, 0.05) is 5.69 Å². The number of fused-ring (bicyclic) bond motifs is 1. The molecule has 0 saturated heterocycles. The molecule has 0 radical (unpaired) electrons. The number of ether oxygens (including phenoxy) is 4. The summed E-state index contributed by atoms with van der Waals surface area (Å²) in [7, 11) is 0. The van der Waals surface area contributed by atoms with Gasteiger partial charge in [-0.3, -0.25) is 4.79 Å². The van der Waals surface area contributed by atoms with Crippen molar-refractivity contribution in [3.63, 3.8) is 0 Å². The predicted molar refractivity (Wildman–Crippen MR) is 112 cm³/mol. The van der Waals surface area contributed by atoms with Crippen LogP contribution in [0.5, 0.6) is 17.2 Å². The van der Waals surface area contributed by atoms with Crippen LogP contribution in [0.3, 0.4) is 0 Å². The van der Waals surface area contributed by atoms with Crippen LogP contribution >= 0.6 is 11.3 Å². The van der Waals surface area contributed by atoms with E-state index in [1.165, 1.54) is 11.3 Å². The first-order valence-electron chi connectivity index (χ1n) is 9.39. The van der Waals surface area contributed by atoms with Crippen LogP contribution in [0.4, 0.5) is 5.69 Å². The van der Waals surface area contributed by atoms with Gasteiger partial charge in [0.2, 0.25) is 6.79 Å². The Bertz CT molecular complexity index is 974. The number of aliphatic hydroxyl groups is 1. The highest BCUT2D eigenvalue weighted by Gasteiger charge is 2.13. The molecule has 2 aromatic carbocycles. The maximum Gasteiger partial charge on any atom is 0.265 e. The summed E-state index contributed by atoms with van der Waals surface area (Å²) in [5, 5.41) is 14.8. The molecule has 2 N–H and O–H groups in total. The van der Waals surface area contributed by atoms with E-state index in [-0.39, 0.29) is 25.9 Å². The minimum Gasteiger partial charge on any atom is -0.491 e. The summed E-state index contributed by atoms with van der Waals surface area (Å²) in [5.41, 5.74) is 1.61. The molecule has 2 heterocycles. The number of rotatable bonds is 9. The third-order valence-electron chi connectivity index (χ3n) is 4.32. The number of anilines is 1. The van der Waals surface area contributed by atoms with Gasteiger partial charge in [0.05, 0.1) is 18.1 Å². The van der Waals surface area contributed by atoms with Gasteiger partial charge in [-0.2, -0.15) is 0 Å². The second-order valence-corrected chi connectivity index (χ2v) is 7.57. The van der Waals surface area contributed by atoms with Gasteiger partial charge < -0.3 is 29.4 Å². The quantitative estimate of drug-likeness (QED) is 0.542. The molecule has 8 heteroatoms. The van der Waals surface area contributed by atoms with Crippen LogP contribution in [-0.4, -0.2) is 37.1 Å². The number of benzene rings is 2. The Labute approximate surface area is 177 Å². The van der Waals surface area contributed by atoms with Crippen LogP contribution in [0, 0.1) is 0 Å². The van der Waals surface area contributed by atoms with Gasteiger partial charge in [-0.25, -0.2) is 0 Å². The van der Waals surface area contributed by atoms with E-state index < -0.39 is 6.10 Å². The number of thiophene rings is 1. The molecule has 7 nitrogen and oxygen atoms in total. The largest absolute Gasteiger partial charge is 0.491 e. The summed E-state index contributed by atoms with van der Waals surface area (Å²) in [6.07, 6.45) is -0.766. The molecule has 0 fully saturated rings. The molecule has 0 spiro atoms. The zero-order chi connectivity index (χ0) is 20.8. The van der Waals surface area contributed by atoms with Crippen LogP contribution in [0.15, 0.2) is 60.0 Å². The van der Waals surface area contributed by atoms with Crippen LogP contribution < -0.4 is 19.5 Å². The van der Waals surface area contributed by atoms with Gasteiger partial charge in [-0.15, -0.1) is 11.3 Å². The van der Waals surface area contributed by atoms with E-state index in [4.69, 9.17) is 18.9 Å². The Morgan fingerprint density at radius 1 is 1.10 bits per heavy atom. The van der Waals surface area contributed by atoms with Crippen molar-refractivity contribution in [1.29, 1.82) is 0 Å². The number of hydrogen-bond acceptors (Lipinski definition) is 7. The number of hydrogen-bond donors (Lipinski definition) is 2. The highest BCUT2D eigenvalue weighted by Crippen LogP contribution is 2.32. The van der Waals surface area contributed by atoms with Gasteiger partial charge in [0.25, 0.3) is 5.91 Å². The van der Waals surface area contributed by atoms with Crippen molar-refractivity contribution in [1.82, 2.24) is 0 Å². The Morgan fingerprint density at radius 2 is 1.93 bits per heavy atom. The van der Waals surface area contributed by atoms with E-state index >= 15 is 0 Å². The average Bonchev–Trinajstić information content (AvgIpc) is 3.45. The maximum atomic E-state index is 12.0. The minimum atomic E-state index is -0.766. The summed E-state index contributed by atoms with van der Waals surface area (Å²) in [5.74, 6) is 1.88. The van der Waals surface area contributed by atoms with Gasteiger partial charge in [-0.1, -0.05) is 12.1 Å². The monoisotopic (exact) mass is 427 g/mol. The van der Waals surface area contributed by atoms with Crippen molar-refractivity contribution in [2.45, 2.75) is 12.7 Å².